The van der Waals surface area contributed by atoms with E-state index in [2.05, 4.69) is 37.8 Å². The molecule has 1 aliphatic rings. The maximum absolute atomic E-state index is 12.4. The molecule has 0 N–H and O–H groups in total. The van der Waals surface area contributed by atoms with Gasteiger partial charge >= 0.3 is 0 Å². The Morgan fingerprint density at radius 2 is 2.16 bits per heavy atom. The summed E-state index contributed by atoms with van der Waals surface area (Å²) in [5, 5.41) is 4.23. The Morgan fingerprint density at radius 1 is 1.24 bits per heavy atom. The molecule has 3 aromatic heterocycles. The summed E-state index contributed by atoms with van der Waals surface area (Å²) in [6, 6.07) is 5.41. The predicted octanol–water partition coefficient (Wildman–Crippen LogP) is 2.59. The van der Waals surface area contributed by atoms with E-state index >= 15 is 0 Å². The first-order chi connectivity index (χ1) is 12.2. The zero-order valence-electron chi connectivity index (χ0n) is 13.8. The molecule has 0 radical (unpaired) electrons. The van der Waals surface area contributed by atoms with Crippen molar-refractivity contribution in [3.63, 3.8) is 0 Å². The van der Waals surface area contributed by atoms with Gasteiger partial charge in [0.25, 0.3) is 5.56 Å². The second kappa shape index (κ2) is 6.60. The van der Waals surface area contributed by atoms with Crippen molar-refractivity contribution in [2.24, 2.45) is 7.05 Å². The van der Waals surface area contributed by atoms with Gasteiger partial charge in [0.15, 0.2) is 0 Å². The third-order valence-electron chi connectivity index (χ3n) is 4.28. The lowest BCUT2D eigenvalue weighted by Gasteiger charge is -2.29. The lowest BCUT2D eigenvalue weighted by molar-refractivity contribution is 0.726. The van der Waals surface area contributed by atoms with Gasteiger partial charge in [-0.25, -0.2) is 15.0 Å². The van der Waals surface area contributed by atoms with Gasteiger partial charge in [0.2, 0.25) is 5.95 Å². The first-order valence-electron chi connectivity index (χ1n) is 8.03. The van der Waals surface area contributed by atoms with E-state index in [4.69, 9.17) is 4.98 Å². The Morgan fingerprint density at radius 3 is 2.92 bits per heavy atom. The number of hydrogen-bond donors (Lipinski definition) is 0. The van der Waals surface area contributed by atoms with Gasteiger partial charge in [-0.3, -0.25) is 9.36 Å². The van der Waals surface area contributed by atoms with E-state index in [0.29, 0.717) is 17.3 Å². The maximum Gasteiger partial charge on any atom is 0.255 e. The van der Waals surface area contributed by atoms with Crippen LogP contribution in [-0.4, -0.2) is 32.6 Å². The summed E-state index contributed by atoms with van der Waals surface area (Å²) in [5.74, 6) is 0.668. The summed E-state index contributed by atoms with van der Waals surface area (Å²) in [5.41, 5.74) is 3.65. The highest BCUT2D eigenvalue weighted by Crippen LogP contribution is 2.26. The lowest BCUT2D eigenvalue weighted by atomic mass is 10.0. The number of anilines is 1. The van der Waals surface area contributed by atoms with E-state index in [1.807, 2.05) is 0 Å². The van der Waals surface area contributed by atoms with Gasteiger partial charge in [-0.2, -0.15) is 11.3 Å². The smallest absolute Gasteiger partial charge is 0.255 e. The average Bonchev–Trinajstić information content (AvgIpc) is 3.19. The molecule has 6 nitrogen and oxygen atoms in total. The highest BCUT2D eigenvalue weighted by atomic mass is 32.1. The first kappa shape index (κ1) is 15.7. The molecule has 0 spiro atoms. The molecule has 0 unspecified atom stereocenters. The zero-order valence-corrected chi connectivity index (χ0v) is 14.6. The average molecular weight is 351 g/mol. The molecule has 7 heteroatoms. The molecule has 1 aliphatic heterocycles. The molecule has 0 amide bonds. The Balaban J connectivity index is 1.72. The van der Waals surface area contributed by atoms with E-state index in [9.17, 15) is 4.79 Å². The molecule has 4 rings (SSSR count). The van der Waals surface area contributed by atoms with E-state index in [-0.39, 0.29) is 5.56 Å². The molecule has 0 atom stereocenters. The quantitative estimate of drug-likeness (QED) is 0.726. The summed E-state index contributed by atoms with van der Waals surface area (Å²) in [6.45, 7) is 1.57. The highest BCUT2D eigenvalue weighted by Gasteiger charge is 2.19. The molecule has 4 heterocycles. The zero-order chi connectivity index (χ0) is 17.2. The maximum atomic E-state index is 12.4. The van der Waals surface area contributed by atoms with Crippen LogP contribution in [0.2, 0.25) is 0 Å². The van der Waals surface area contributed by atoms with Gasteiger partial charge in [0, 0.05) is 32.4 Å². The third kappa shape index (κ3) is 3.10. The van der Waals surface area contributed by atoms with Crippen molar-refractivity contribution in [2.45, 2.75) is 6.42 Å². The van der Waals surface area contributed by atoms with Gasteiger partial charge in [-0.05, 0) is 40.5 Å². The summed E-state index contributed by atoms with van der Waals surface area (Å²) in [6.07, 6.45) is 6.32. The van der Waals surface area contributed by atoms with Crippen LogP contribution >= 0.6 is 11.3 Å². The fraction of sp³-hybridized carbons (Fsp3) is 0.222. The fourth-order valence-electron chi connectivity index (χ4n) is 2.95. The third-order valence-corrected chi connectivity index (χ3v) is 4.96. The monoisotopic (exact) mass is 351 g/mol. The van der Waals surface area contributed by atoms with Gasteiger partial charge in [0.1, 0.15) is 6.33 Å². The standard InChI is InChI=1S/C18H17N5OS/c1-22-17(24)9-16(15-4-6-19-12-20-15)21-18(22)23-7-2-3-13(10-23)14-5-8-25-11-14/h3-6,8-9,11-12H,2,7,10H2,1H3. The van der Waals surface area contributed by atoms with Crippen molar-refractivity contribution in [3.05, 3.63) is 63.5 Å². The van der Waals surface area contributed by atoms with Crippen molar-refractivity contribution in [1.29, 1.82) is 0 Å². The van der Waals surface area contributed by atoms with Gasteiger partial charge < -0.3 is 4.90 Å². The number of hydrogen-bond acceptors (Lipinski definition) is 6. The number of rotatable bonds is 3. The van der Waals surface area contributed by atoms with Crippen LogP contribution in [0.15, 0.2) is 52.4 Å². The van der Waals surface area contributed by atoms with Crippen LogP contribution in [0.4, 0.5) is 5.95 Å². The second-order valence-electron chi connectivity index (χ2n) is 5.88. The van der Waals surface area contributed by atoms with Crippen molar-refractivity contribution >= 4 is 22.9 Å². The molecule has 126 valence electrons. The minimum atomic E-state index is -0.0924. The second-order valence-corrected chi connectivity index (χ2v) is 6.66. The Bertz CT molecular complexity index is 963. The SMILES string of the molecule is Cn1c(N2CCC=C(c3ccsc3)C2)nc(-c2ccncn2)cc1=O. The van der Waals surface area contributed by atoms with Crippen LogP contribution < -0.4 is 10.5 Å². The topological polar surface area (TPSA) is 63.9 Å². The number of nitrogens with zero attached hydrogens (tertiary/aromatic N) is 5. The number of aromatic nitrogens is 4. The molecule has 0 saturated heterocycles. The molecule has 0 aromatic carbocycles. The van der Waals surface area contributed by atoms with Crippen LogP contribution in [0.3, 0.4) is 0 Å². The summed E-state index contributed by atoms with van der Waals surface area (Å²) in [4.78, 5) is 27.4. The molecule has 3 aromatic rings. The highest BCUT2D eigenvalue weighted by molar-refractivity contribution is 7.08. The minimum Gasteiger partial charge on any atom is -0.338 e. The molecular formula is C18H17N5OS. The molecular weight excluding hydrogens is 334 g/mol. The van der Waals surface area contributed by atoms with Crippen molar-refractivity contribution in [1.82, 2.24) is 19.5 Å². The van der Waals surface area contributed by atoms with Crippen molar-refractivity contribution < 1.29 is 0 Å². The summed E-state index contributed by atoms with van der Waals surface area (Å²) in [7, 11) is 1.76. The molecule has 25 heavy (non-hydrogen) atoms. The molecule has 0 fully saturated rings. The first-order valence-corrected chi connectivity index (χ1v) is 8.97. The lowest BCUT2D eigenvalue weighted by Crippen LogP contribution is -2.35. The molecule has 0 bridgehead atoms. The van der Waals surface area contributed by atoms with Crippen LogP contribution in [-0.2, 0) is 7.05 Å². The van der Waals surface area contributed by atoms with E-state index in [1.165, 1.54) is 23.5 Å². The molecule has 0 saturated carbocycles. The summed E-state index contributed by atoms with van der Waals surface area (Å²) < 4.78 is 1.60. The predicted molar refractivity (Wildman–Crippen MR) is 99.6 cm³/mol. The van der Waals surface area contributed by atoms with Crippen LogP contribution in [0, 0.1) is 0 Å². The van der Waals surface area contributed by atoms with Crippen LogP contribution in [0.5, 0.6) is 0 Å². The normalized spacial score (nSPS) is 14.4. The Kier molecular flexibility index (Phi) is 4.15. The van der Waals surface area contributed by atoms with Gasteiger partial charge in [-0.1, -0.05) is 6.08 Å². The van der Waals surface area contributed by atoms with E-state index in [1.54, 1.807) is 35.2 Å². The van der Waals surface area contributed by atoms with Crippen molar-refractivity contribution in [3.8, 4) is 11.4 Å². The number of thiophene rings is 1. The molecule has 0 aliphatic carbocycles. The minimum absolute atomic E-state index is 0.0924. The summed E-state index contributed by atoms with van der Waals surface area (Å²) >= 11 is 1.69. The van der Waals surface area contributed by atoms with Crippen LogP contribution in [0.25, 0.3) is 17.0 Å². The Labute approximate surface area is 149 Å². The van der Waals surface area contributed by atoms with Gasteiger partial charge in [-0.15, -0.1) is 0 Å². The van der Waals surface area contributed by atoms with Crippen molar-refractivity contribution in [2.75, 3.05) is 18.0 Å². The van der Waals surface area contributed by atoms with E-state index in [0.717, 1.165) is 19.5 Å². The fourth-order valence-corrected chi connectivity index (χ4v) is 3.63. The van der Waals surface area contributed by atoms with E-state index < -0.39 is 0 Å². The largest absolute Gasteiger partial charge is 0.338 e. The van der Waals surface area contributed by atoms with Gasteiger partial charge in [0.05, 0.1) is 11.4 Å². The van der Waals surface area contributed by atoms with Crippen LogP contribution in [0.1, 0.15) is 12.0 Å². The Hall–Kier alpha value is -2.80.